The molecule has 1 fully saturated rings. The summed E-state index contributed by atoms with van der Waals surface area (Å²) in [4.78, 5) is 14.8. The molecule has 1 atom stereocenters. The first kappa shape index (κ1) is 18.4. The van der Waals surface area contributed by atoms with Crippen molar-refractivity contribution in [2.45, 2.75) is 32.4 Å². The Kier molecular flexibility index (Phi) is 5.89. The summed E-state index contributed by atoms with van der Waals surface area (Å²) in [6, 6.07) is 12.2. The average molecular weight is 357 g/mol. The summed E-state index contributed by atoms with van der Waals surface area (Å²) in [5, 5.41) is 0. The summed E-state index contributed by atoms with van der Waals surface area (Å²) >= 11 is 0. The molecule has 3 rings (SSSR count). The van der Waals surface area contributed by atoms with Gasteiger partial charge in [0.25, 0.3) is 5.91 Å². The Labute approximate surface area is 153 Å². The van der Waals surface area contributed by atoms with Crippen LogP contribution in [0.3, 0.4) is 0 Å². The maximum absolute atomic E-state index is 13.6. The third-order valence-corrected chi connectivity index (χ3v) is 4.65. The molecule has 0 aliphatic carbocycles. The van der Waals surface area contributed by atoms with E-state index in [2.05, 4.69) is 0 Å². The number of carbonyl (C=O) groups excluding carboxylic acids is 1. The van der Waals surface area contributed by atoms with Crippen LogP contribution in [-0.4, -0.2) is 37.2 Å². The molecule has 1 unspecified atom stereocenters. The summed E-state index contributed by atoms with van der Waals surface area (Å²) in [6.45, 7) is 3.37. The van der Waals surface area contributed by atoms with E-state index in [4.69, 9.17) is 9.47 Å². The van der Waals surface area contributed by atoms with Crippen molar-refractivity contribution in [2.24, 2.45) is 0 Å². The summed E-state index contributed by atoms with van der Waals surface area (Å²) in [7, 11) is 1.62. The molecule has 138 valence electrons. The zero-order chi connectivity index (χ0) is 18.5. The van der Waals surface area contributed by atoms with Crippen LogP contribution in [0.4, 0.5) is 4.39 Å². The Bertz CT molecular complexity index is 772. The van der Waals surface area contributed by atoms with Crippen LogP contribution in [-0.2, 0) is 11.3 Å². The van der Waals surface area contributed by atoms with Gasteiger partial charge in [0.05, 0.1) is 13.2 Å². The molecule has 1 saturated heterocycles. The van der Waals surface area contributed by atoms with Gasteiger partial charge in [-0.1, -0.05) is 12.1 Å². The van der Waals surface area contributed by atoms with Crippen LogP contribution >= 0.6 is 0 Å². The molecular weight excluding hydrogens is 333 g/mol. The summed E-state index contributed by atoms with van der Waals surface area (Å²) < 4.78 is 24.6. The van der Waals surface area contributed by atoms with E-state index in [1.807, 2.05) is 24.3 Å². The first-order chi connectivity index (χ1) is 12.6. The minimum absolute atomic E-state index is 0.0473. The molecule has 2 aromatic rings. The van der Waals surface area contributed by atoms with E-state index >= 15 is 0 Å². The Hall–Kier alpha value is -2.40. The average Bonchev–Trinajstić information content (AvgIpc) is 3.16. The fourth-order valence-electron chi connectivity index (χ4n) is 3.20. The van der Waals surface area contributed by atoms with Crippen LogP contribution in [0.5, 0.6) is 5.75 Å². The lowest BCUT2D eigenvalue weighted by Gasteiger charge is -2.26. The maximum Gasteiger partial charge on any atom is 0.254 e. The molecule has 1 aliphatic heterocycles. The topological polar surface area (TPSA) is 38.8 Å². The van der Waals surface area contributed by atoms with Gasteiger partial charge < -0.3 is 14.4 Å². The standard InChI is InChI=1S/C21H24FNO3/c1-15-11-17(8-9-20(15)22)21(24)23(14-19-7-4-10-26-19)13-16-5-3-6-18(12-16)25-2/h3,5-6,8-9,11-12,19H,4,7,10,13-14H2,1-2H3. The largest absolute Gasteiger partial charge is 0.497 e. The SMILES string of the molecule is COc1cccc(CN(CC2CCCO2)C(=O)c2ccc(F)c(C)c2)c1. The number of hydrogen-bond acceptors (Lipinski definition) is 3. The number of methoxy groups -OCH3 is 1. The van der Waals surface area contributed by atoms with Crippen LogP contribution in [0.25, 0.3) is 0 Å². The molecule has 2 aromatic carbocycles. The Morgan fingerprint density at radius 1 is 1.31 bits per heavy atom. The lowest BCUT2D eigenvalue weighted by atomic mass is 10.1. The second kappa shape index (κ2) is 8.32. The van der Waals surface area contributed by atoms with Crippen LogP contribution in [0, 0.1) is 12.7 Å². The van der Waals surface area contributed by atoms with E-state index in [9.17, 15) is 9.18 Å². The summed E-state index contributed by atoms with van der Waals surface area (Å²) in [6.07, 6.45) is 2.01. The molecule has 4 nitrogen and oxygen atoms in total. The van der Waals surface area contributed by atoms with Crippen molar-refractivity contribution in [3.8, 4) is 5.75 Å². The predicted octanol–water partition coefficient (Wildman–Crippen LogP) is 3.96. The van der Waals surface area contributed by atoms with Crippen LogP contribution in [0.2, 0.25) is 0 Å². The highest BCUT2D eigenvalue weighted by molar-refractivity contribution is 5.94. The first-order valence-electron chi connectivity index (χ1n) is 8.87. The normalized spacial score (nSPS) is 16.5. The molecule has 1 amide bonds. The number of rotatable bonds is 6. The van der Waals surface area contributed by atoms with E-state index in [1.54, 1.807) is 31.1 Å². The number of ether oxygens (including phenoxy) is 2. The highest BCUT2D eigenvalue weighted by atomic mass is 19.1. The third-order valence-electron chi connectivity index (χ3n) is 4.65. The van der Waals surface area contributed by atoms with Crippen molar-refractivity contribution in [3.05, 3.63) is 65.0 Å². The second-order valence-electron chi connectivity index (χ2n) is 6.64. The van der Waals surface area contributed by atoms with Crippen molar-refractivity contribution in [3.63, 3.8) is 0 Å². The van der Waals surface area contributed by atoms with Crippen LogP contribution < -0.4 is 4.74 Å². The van der Waals surface area contributed by atoms with Gasteiger partial charge in [0.2, 0.25) is 0 Å². The fourth-order valence-corrected chi connectivity index (χ4v) is 3.20. The summed E-state index contributed by atoms with van der Waals surface area (Å²) in [5.74, 6) is 0.330. The van der Waals surface area contributed by atoms with Gasteiger partial charge in [0, 0.05) is 25.3 Å². The highest BCUT2D eigenvalue weighted by Crippen LogP contribution is 2.20. The van der Waals surface area contributed by atoms with E-state index in [-0.39, 0.29) is 17.8 Å². The van der Waals surface area contributed by atoms with Gasteiger partial charge >= 0.3 is 0 Å². The Morgan fingerprint density at radius 2 is 2.15 bits per heavy atom. The van der Waals surface area contributed by atoms with Gasteiger partial charge in [-0.2, -0.15) is 0 Å². The number of benzene rings is 2. The Balaban J connectivity index is 1.83. The predicted molar refractivity (Wildman–Crippen MR) is 97.8 cm³/mol. The van der Waals surface area contributed by atoms with Crippen molar-refractivity contribution < 1.29 is 18.7 Å². The van der Waals surface area contributed by atoms with Gasteiger partial charge in [0.15, 0.2) is 0 Å². The molecule has 0 N–H and O–H groups in total. The van der Waals surface area contributed by atoms with Crippen molar-refractivity contribution in [2.75, 3.05) is 20.3 Å². The van der Waals surface area contributed by atoms with E-state index in [1.165, 1.54) is 6.07 Å². The first-order valence-corrected chi connectivity index (χ1v) is 8.87. The molecule has 0 aromatic heterocycles. The second-order valence-corrected chi connectivity index (χ2v) is 6.64. The quantitative estimate of drug-likeness (QED) is 0.785. The molecule has 0 bridgehead atoms. The number of halogens is 1. The van der Waals surface area contributed by atoms with Crippen molar-refractivity contribution in [1.29, 1.82) is 0 Å². The number of nitrogens with zero attached hydrogens (tertiary/aromatic N) is 1. The summed E-state index contributed by atoms with van der Waals surface area (Å²) in [5.41, 5.74) is 1.94. The van der Waals surface area contributed by atoms with Crippen molar-refractivity contribution in [1.82, 2.24) is 4.90 Å². The van der Waals surface area contributed by atoms with Crippen LogP contribution in [0.15, 0.2) is 42.5 Å². The molecule has 26 heavy (non-hydrogen) atoms. The van der Waals surface area contributed by atoms with E-state index < -0.39 is 0 Å². The minimum Gasteiger partial charge on any atom is -0.497 e. The van der Waals surface area contributed by atoms with E-state index in [0.29, 0.717) is 24.2 Å². The lowest BCUT2D eigenvalue weighted by Crippen LogP contribution is -2.37. The fraction of sp³-hybridized carbons (Fsp3) is 0.381. The molecule has 1 heterocycles. The highest BCUT2D eigenvalue weighted by Gasteiger charge is 2.24. The third kappa shape index (κ3) is 4.41. The zero-order valence-corrected chi connectivity index (χ0v) is 15.2. The number of carbonyl (C=O) groups is 1. The minimum atomic E-state index is -0.306. The maximum atomic E-state index is 13.6. The van der Waals surface area contributed by atoms with Gasteiger partial charge in [-0.15, -0.1) is 0 Å². The zero-order valence-electron chi connectivity index (χ0n) is 15.2. The van der Waals surface area contributed by atoms with Gasteiger partial charge in [-0.05, 0) is 61.2 Å². The molecule has 1 aliphatic rings. The lowest BCUT2D eigenvalue weighted by molar-refractivity contribution is 0.0507. The van der Waals surface area contributed by atoms with Crippen LogP contribution in [0.1, 0.15) is 34.3 Å². The molecule has 0 saturated carbocycles. The molecular formula is C21H24FNO3. The van der Waals surface area contributed by atoms with E-state index in [0.717, 1.165) is 30.8 Å². The van der Waals surface area contributed by atoms with Gasteiger partial charge in [-0.25, -0.2) is 4.39 Å². The number of aryl methyl sites for hydroxylation is 1. The molecule has 0 radical (unpaired) electrons. The molecule has 5 heteroatoms. The molecule has 0 spiro atoms. The number of hydrogen-bond donors (Lipinski definition) is 0. The van der Waals surface area contributed by atoms with Gasteiger partial charge in [-0.3, -0.25) is 4.79 Å². The van der Waals surface area contributed by atoms with Crippen molar-refractivity contribution >= 4 is 5.91 Å². The monoisotopic (exact) mass is 357 g/mol. The number of amides is 1. The Morgan fingerprint density at radius 3 is 2.85 bits per heavy atom. The smallest absolute Gasteiger partial charge is 0.254 e. The van der Waals surface area contributed by atoms with Gasteiger partial charge in [0.1, 0.15) is 11.6 Å².